The summed E-state index contributed by atoms with van der Waals surface area (Å²) in [6.45, 7) is 2.14. The van der Waals surface area contributed by atoms with Crippen molar-refractivity contribution in [3.63, 3.8) is 0 Å². The summed E-state index contributed by atoms with van der Waals surface area (Å²) in [4.78, 5) is 0. The van der Waals surface area contributed by atoms with Crippen molar-refractivity contribution in [3.8, 4) is 5.75 Å². The zero-order valence-corrected chi connectivity index (χ0v) is 11.4. The van der Waals surface area contributed by atoms with E-state index in [0.717, 1.165) is 17.9 Å². The highest BCUT2D eigenvalue weighted by atomic mass is 16.5. The van der Waals surface area contributed by atoms with Gasteiger partial charge < -0.3 is 10.5 Å². The average molecular weight is 253 g/mol. The van der Waals surface area contributed by atoms with Crippen LogP contribution in [0, 0.1) is 0 Å². The predicted octanol–water partition coefficient (Wildman–Crippen LogP) is 3.92. The van der Waals surface area contributed by atoms with Crippen LogP contribution in [0.15, 0.2) is 54.1 Å². The lowest BCUT2D eigenvalue weighted by Crippen LogP contribution is -1.89. The number of benzene rings is 2. The van der Waals surface area contributed by atoms with Crippen molar-refractivity contribution in [2.24, 2.45) is 0 Å². The zero-order chi connectivity index (χ0) is 13.7. The predicted molar refractivity (Wildman–Crippen MR) is 81.2 cm³/mol. The summed E-state index contributed by atoms with van der Waals surface area (Å²) < 4.78 is 5.15. The molecule has 0 radical (unpaired) electrons. The smallest absolute Gasteiger partial charge is 0.118 e. The Balaban J connectivity index is 2.07. The van der Waals surface area contributed by atoms with Gasteiger partial charge in [-0.2, -0.15) is 0 Å². The van der Waals surface area contributed by atoms with E-state index in [2.05, 4.69) is 37.3 Å². The first kappa shape index (κ1) is 13.2. The van der Waals surface area contributed by atoms with E-state index in [9.17, 15) is 0 Å². The third kappa shape index (κ3) is 3.88. The number of nitrogens with two attached hydrogens (primary N) is 1. The third-order valence-electron chi connectivity index (χ3n) is 2.99. The quantitative estimate of drug-likeness (QED) is 0.838. The van der Waals surface area contributed by atoms with Crippen LogP contribution in [-0.4, -0.2) is 7.11 Å². The molecule has 0 amide bonds. The molecule has 0 atom stereocenters. The molecule has 0 saturated carbocycles. The standard InChI is InChI=1S/C17H19NO/c1-13(11-14-3-7-16(18)8-4-14)12-15-5-9-17(19-2)10-6-15/h3-10,12H,11,18H2,1-2H3. The zero-order valence-electron chi connectivity index (χ0n) is 11.4. The summed E-state index contributed by atoms with van der Waals surface area (Å²) in [5.74, 6) is 0.883. The molecule has 2 aromatic rings. The van der Waals surface area contributed by atoms with Crippen LogP contribution in [0.1, 0.15) is 18.1 Å². The van der Waals surface area contributed by atoms with E-state index in [1.54, 1.807) is 7.11 Å². The Morgan fingerprint density at radius 1 is 1.05 bits per heavy atom. The molecule has 0 aromatic heterocycles. The third-order valence-corrected chi connectivity index (χ3v) is 2.99. The number of hydrogen-bond acceptors (Lipinski definition) is 2. The lowest BCUT2D eigenvalue weighted by atomic mass is 10.0. The molecule has 2 N–H and O–H groups in total. The van der Waals surface area contributed by atoms with Gasteiger partial charge in [0.25, 0.3) is 0 Å². The molecule has 0 heterocycles. The van der Waals surface area contributed by atoms with Crippen molar-refractivity contribution in [2.75, 3.05) is 12.8 Å². The number of allylic oxidation sites excluding steroid dienone is 1. The van der Waals surface area contributed by atoms with Crippen molar-refractivity contribution in [3.05, 3.63) is 65.2 Å². The molecule has 0 bridgehead atoms. The molecule has 98 valence electrons. The molecule has 0 saturated heterocycles. The van der Waals surface area contributed by atoms with Crippen LogP contribution >= 0.6 is 0 Å². The van der Waals surface area contributed by atoms with Crippen molar-refractivity contribution in [2.45, 2.75) is 13.3 Å². The maximum atomic E-state index is 5.68. The molecule has 0 spiro atoms. The maximum absolute atomic E-state index is 5.68. The van der Waals surface area contributed by atoms with E-state index in [1.807, 2.05) is 24.3 Å². The van der Waals surface area contributed by atoms with Crippen LogP contribution in [0.5, 0.6) is 5.75 Å². The van der Waals surface area contributed by atoms with Gasteiger partial charge in [0.2, 0.25) is 0 Å². The lowest BCUT2D eigenvalue weighted by molar-refractivity contribution is 0.415. The molecule has 2 aromatic carbocycles. The second-order valence-corrected chi connectivity index (χ2v) is 4.68. The van der Waals surface area contributed by atoms with Crippen molar-refractivity contribution in [1.29, 1.82) is 0 Å². The summed E-state index contributed by atoms with van der Waals surface area (Å²) in [6, 6.07) is 16.1. The Labute approximate surface area is 114 Å². The highest BCUT2D eigenvalue weighted by molar-refractivity contribution is 5.54. The number of anilines is 1. The first-order chi connectivity index (χ1) is 9.17. The summed E-state index contributed by atoms with van der Waals surface area (Å²) in [5, 5.41) is 0. The fraction of sp³-hybridized carbons (Fsp3) is 0.176. The Morgan fingerprint density at radius 2 is 1.68 bits per heavy atom. The monoisotopic (exact) mass is 253 g/mol. The van der Waals surface area contributed by atoms with Gasteiger partial charge in [-0.3, -0.25) is 0 Å². The van der Waals surface area contributed by atoms with E-state index < -0.39 is 0 Å². The van der Waals surface area contributed by atoms with Gasteiger partial charge in [0.1, 0.15) is 5.75 Å². The molecule has 2 rings (SSSR count). The molecule has 0 fully saturated rings. The summed E-state index contributed by atoms with van der Waals surface area (Å²) >= 11 is 0. The van der Waals surface area contributed by atoms with E-state index in [-0.39, 0.29) is 0 Å². The van der Waals surface area contributed by atoms with Crippen LogP contribution in [0.25, 0.3) is 6.08 Å². The summed E-state index contributed by atoms with van der Waals surface area (Å²) in [5.41, 5.74) is 10.3. The van der Waals surface area contributed by atoms with Crippen LogP contribution in [-0.2, 0) is 6.42 Å². The highest BCUT2D eigenvalue weighted by Gasteiger charge is 1.96. The number of hydrogen-bond donors (Lipinski definition) is 1. The van der Waals surface area contributed by atoms with E-state index in [0.29, 0.717) is 0 Å². The van der Waals surface area contributed by atoms with E-state index >= 15 is 0 Å². The van der Waals surface area contributed by atoms with Gasteiger partial charge in [-0.25, -0.2) is 0 Å². The van der Waals surface area contributed by atoms with E-state index in [1.165, 1.54) is 16.7 Å². The van der Waals surface area contributed by atoms with Crippen LogP contribution < -0.4 is 10.5 Å². The van der Waals surface area contributed by atoms with Gasteiger partial charge in [-0.05, 0) is 48.7 Å². The fourth-order valence-electron chi connectivity index (χ4n) is 1.99. The second kappa shape index (κ2) is 6.10. The van der Waals surface area contributed by atoms with Gasteiger partial charge >= 0.3 is 0 Å². The fourth-order valence-corrected chi connectivity index (χ4v) is 1.99. The molecular formula is C17H19NO. The van der Waals surface area contributed by atoms with Gasteiger partial charge in [-0.15, -0.1) is 0 Å². The van der Waals surface area contributed by atoms with Crippen LogP contribution in [0.3, 0.4) is 0 Å². The molecule has 2 heteroatoms. The van der Waals surface area contributed by atoms with E-state index in [4.69, 9.17) is 10.5 Å². The van der Waals surface area contributed by atoms with Gasteiger partial charge in [0.05, 0.1) is 7.11 Å². The van der Waals surface area contributed by atoms with Crippen molar-refractivity contribution in [1.82, 2.24) is 0 Å². The Bertz CT molecular complexity index is 553. The van der Waals surface area contributed by atoms with Crippen LogP contribution in [0.2, 0.25) is 0 Å². The minimum Gasteiger partial charge on any atom is -0.497 e. The highest BCUT2D eigenvalue weighted by Crippen LogP contribution is 2.16. The number of ether oxygens (including phenoxy) is 1. The first-order valence-electron chi connectivity index (χ1n) is 6.33. The maximum Gasteiger partial charge on any atom is 0.118 e. The topological polar surface area (TPSA) is 35.2 Å². The van der Waals surface area contributed by atoms with Gasteiger partial charge in [0, 0.05) is 5.69 Å². The molecule has 0 aliphatic heterocycles. The Hall–Kier alpha value is -2.22. The number of rotatable bonds is 4. The number of nitrogen functional groups attached to an aromatic ring is 1. The summed E-state index contributed by atoms with van der Waals surface area (Å²) in [7, 11) is 1.68. The summed E-state index contributed by atoms with van der Waals surface area (Å²) in [6.07, 6.45) is 3.13. The largest absolute Gasteiger partial charge is 0.497 e. The molecule has 0 aliphatic rings. The SMILES string of the molecule is COc1ccc(C=C(C)Cc2ccc(N)cc2)cc1. The first-order valence-corrected chi connectivity index (χ1v) is 6.33. The van der Waals surface area contributed by atoms with Crippen molar-refractivity contribution < 1.29 is 4.74 Å². The lowest BCUT2D eigenvalue weighted by Gasteiger charge is -2.04. The second-order valence-electron chi connectivity index (χ2n) is 4.68. The van der Waals surface area contributed by atoms with Gasteiger partial charge in [-0.1, -0.05) is 35.9 Å². The minimum atomic E-state index is 0.806. The molecule has 19 heavy (non-hydrogen) atoms. The number of methoxy groups -OCH3 is 1. The molecular weight excluding hydrogens is 234 g/mol. The molecule has 0 unspecified atom stereocenters. The Morgan fingerprint density at radius 3 is 2.26 bits per heavy atom. The van der Waals surface area contributed by atoms with Gasteiger partial charge in [0.15, 0.2) is 0 Å². The molecule has 2 nitrogen and oxygen atoms in total. The van der Waals surface area contributed by atoms with Crippen molar-refractivity contribution >= 4 is 11.8 Å². The normalized spacial score (nSPS) is 11.4. The van der Waals surface area contributed by atoms with Crippen LogP contribution in [0.4, 0.5) is 5.69 Å². The molecule has 0 aliphatic carbocycles. The minimum absolute atomic E-state index is 0.806. The average Bonchev–Trinajstić information content (AvgIpc) is 2.42. The Kier molecular flexibility index (Phi) is 4.24.